The summed E-state index contributed by atoms with van der Waals surface area (Å²) in [6.45, 7) is 0. The molecule has 0 spiro atoms. The number of carboxylic acids is 1. The predicted molar refractivity (Wildman–Crippen MR) is 60.2 cm³/mol. The van der Waals surface area contributed by atoms with Gasteiger partial charge in [-0.2, -0.15) is 0 Å². The number of carboxylic acid groups (broad SMARTS) is 1. The Morgan fingerprint density at radius 1 is 1.28 bits per heavy atom. The average molecular weight is 249 g/mol. The highest BCUT2D eigenvalue weighted by Gasteiger charge is 2.28. The van der Waals surface area contributed by atoms with Crippen molar-refractivity contribution in [2.24, 2.45) is 0 Å². The Hall–Kier alpha value is -2.37. The minimum atomic E-state index is -1.03. The molecule has 0 radical (unpaired) electrons. The molecule has 1 aromatic carbocycles. The van der Waals surface area contributed by atoms with E-state index in [0.717, 1.165) is 0 Å². The molecule has 2 N–H and O–H groups in total. The monoisotopic (exact) mass is 249 g/mol. The van der Waals surface area contributed by atoms with Gasteiger partial charge in [-0.25, -0.2) is 4.79 Å². The molecule has 2 rings (SSSR count). The van der Waals surface area contributed by atoms with Gasteiger partial charge in [-0.3, -0.25) is 14.9 Å². The van der Waals surface area contributed by atoms with Gasteiger partial charge in [0.15, 0.2) is 6.10 Å². The largest absolute Gasteiger partial charge is 0.481 e. The molecule has 2 amide bonds. The molecule has 1 aliphatic rings. The number of piperidine rings is 1. The highest BCUT2D eigenvalue weighted by Crippen LogP contribution is 2.17. The number of nitrogens with one attached hydrogen (secondary N) is 1. The van der Waals surface area contributed by atoms with Crippen LogP contribution in [0.3, 0.4) is 0 Å². The van der Waals surface area contributed by atoms with Gasteiger partial charge in [0.25, 0.3) is 5.91 Å². The van der Waals surface area contributed by atoms with Crippen LogP contribution in [0.15, 0.2) is 24.3 Å². The molecule has 1 fully saturated rings. The number of benzene rings is 1. The first-order valence-corrected chi connectivity index (χ1v) is 5.40. The first kappa shape index (κ1) is 12.1. The third-order valence-corrected chi connectivity index (χ3v) is 2.57. The Labute approximate surface area is 103 Å². The van der Waals surface area contributed by atoms with Crippen molar-refractivity contribution in [2.75, 3.05) is 0 Å². The lowest BCUT2D eigenvalue weighted by molar-refractivity contribution is -0.138. The second kappa shape index (κ2) is 4.87. The molecule has 0 saturated carbocycles. The second-order valence-corrected chi connectivity index (χ2v) is 3.89. The van der Waals surface area contributed by atoms with Crippen LogP contribution >= 0.6 is 0 Å². The number of ether oxygens (including phenoxy) is 1. The Morgan fingerprint density at radius 2 is 1.94 bits per heavy atom. The van der Waals surface area contributed by atoms with Gasteiger partial charge in [-0.05, 0) is 24.3 Å². The van der Waals surface area contributed by atoms with E-state index in [1.54, 1.807) is 0 Å². The summed E-state index contributed by atoms with van der Waals surface area (Å²) in [4.78, 5) is 33.0. The van der Waals surface area contributed by atoms with Gasteiger partial charge in [0.2, 0.25) is 5.91 Å². The smallest absolute Gasteiger partial charge is 0.335 e. The van der Waals surface area contributed by atoms with Crippen molar-refractivity contribution >= 4 is 17.8 Å². The molecule has 1 heterocycles. The van der Waals surface area contributed by atoms with Gasteiger partial charge in [-0.1, -0.05) is 0 Å². The van der Waals surface area contributed by atoms with E-state index in [4.69, 9.17) is 9.84 Å². The SMILES string of the molecule is O=C1CCC(Oc2ccc(C(=O)O)cc2)C(=O)N1. The summed E-state index contributed by atoms with van der Waals surface area (Å²) in [5.74, 6) is -1.40. The highest BCUT2D eigenvalue weighted by molar-refractivity contribution is 5.99. The van der Waals surface area contributed by atoms with E-state index in [9.17, 15) is 14.4 Å². The van der Waals surface area contributed by atoms with Gasteiger partial charge in [0, 0.05) is 12.8 Å². The minimum Gasteiger partial charge on any atom is -0.481 e. The van der Waals surface area contributed by atoms with Gasteiger partial charge in [-0.15, -0.1) is 0 Å². The van der Waals surface area contributed by atoms with Gasteiger partial charge in [0.1, 0.15) is 5.75 Å². The zero-order valence-electron chi connectivity index (χ0n) is 9.38. The zero-order chi connectivity index (χ0) is 13.1. The Kier molecular flexibility index (Phi) is 3.27. The van der Waals surface area contributed by atoms with Crippen LogP contribution in [0.1, 0.15) is 23.2 Å². The third kappa shape index (κ3) is 2.65. The molecular formula is C12H11NO5. The number of rotatable bonds is 3. The van der Waals surface area contributed by atoms with E-state index in [0.29, 0.717) is 12.2 Å². The van der Waals surface area contributed by atoms with Crippen molar-refractivity contribution in [3.05, 3.63) is 29.8 Å². The molecule has 1 aromatic rings. The maximum Gasteiger partial charge on any atom is 0.335 e. The lowest BCUT2D eigenvalue weighted by atomic mass is 10.1. The number of hydrogen-bond acceptors (Lipinski definition) is 4. The van der Waals surface area contributed by atoms with Crippen molar-refractivity contribution < 1.29 is 24.2 Å². The molecule has 18 heavy (non-hydrogen) atoms. The summed E-state index contributed by atoms with van der Waals surface area (Å²) in [5.41, 5.74) is 0.144. The summed E-state index contributed by atoms with van der Waals surface area (Å²) in [5, 5.41) is 10.9. The zero-order valence-corrected chi connectivity index (χ0v) is 9.38. The van der Waals surface area contributed by atoms with Crippen molar-refractivity contribution in [1.82, 2.24) is 5.32 Å². The van der Waals surface area contributed by atoms with Gasteiger partial charge < -0.3 is 9.84 Å². The maximum atomic E-state index is 11.4. The van der Waals surface area contributed by atoms with Crippen LogP contribution in [0.2, 0.25) is 0 Å². The number of amides is 2. The van der Waals surface area contributed by atoms with Crippen LogP contribution in [0, 0.1) is 0 Å². The Morgan fingerprint density at radius 3 is 2.50 bits per heavy atom. The topological polar surface area (TPSA) is 92.7 Å². The highest BCUT2D eigenvalue weighted by atomic mass is 16.5. The number of carbonyl (C=O) groups excluding carboxylic acids is 2. The molecule has 94 valence electrons. The number of aromatic carboxylic acids is 1. The molecule has 0 aromatic heterocycles. The fraction of sp³-hybridized carbons (Fsp3) is 0.250. The standard InChI is InChI=1S/C12H11NO5/c14-10-6-5-9(11(15)13-10)18-8-3-1-7(2-4-8)12(16)17/h1-4,9H,5-6H2,(H,16,17)(H,13,14,15). The number of hydrogen-bond donors (Lipinski definition) is 2. The molecule has 6 heteroatoms. The predicted octanol–water partition coefficient (Wildman–Crippen LogP) is 0.569. The molecule has 6 nitrogen and oxygen atoms in total. The molecule has 0 bridgehead atoms. The minimum absolute atomic E-state index is 0.144. The van der Waals surface area contributed by atoms with Crippen LogP contribution < -0.4 is 10.1 Å². The van der Waals surface area contributed by atoms with E-state index >= 15 is 0 Å². The van der Waals surface area contributed by atoms with E-state index < -0.39 is 18.0 Å². The van der Waals surface area contributed by atoms with E-state index in [-0.39, 0.29) is 17.9 Å². The van der Waals surface area contributed by atoms with Crippen LogP contribution in [-0.4, -0.2) is 29.0 Å². The lowest BCUT2D eigenvalue weighted by Crippen LogP contribution is -2.46. The first-order chi connectivity index (χ1) is 8.56. The van der Waals surface area contributed by atoms with E-state index in [2.05, 4.69) is 5.32 Å². The molecule has 1 aliphatic heterocycles. The molecule has 1 unspecified atom stereocenters. The van der Waals surface area contributed by atoms with Crippen molar-refractivity contribution in [2.45, 2.75) is 18.9 Å². The summed E-state index contributed by atoms with van der Waals surface area (Å²) in [6, 6.07) is 5.74. The summed E-state index contributed by atoms with van der Waals surface area (Å²) >= 11 is 0. The quantitative estimate of drug-likeness (QED) is 0.764. The van der Waals surface area contributed by atoms with Crippen molar-refractivity contribution in [3.8, 4) is 5.75 Å². The van der Waals surface area contributed by atoms with Crippen molar-refractivity contribution in [3.63, 3.8) is 0 Å². The van der Waals surface area contributed by atoms with Gasteiger partial charge >= 0.3 is 5.97 Å². The molecule has 1 atom stereocenters. The summed E-state index contributed by atoms with van der Waals surface area (Å²) < 4.78 is 5.39. The van der Waals surface area contributed by atoms with Crippen LogP contribution in [0.25, 0.3) is 0 Å². The fourth-order valence-corrected chi connectivity index (χ4v) is 1.63. The second-order valence-electron chi connectivity index (χ2n) is 3.89. The average Bonchev–Trinajstić information content (AvgIpc) is 2.33. The van der Waals surface area contributed by atoms with Gasteiger partial charge in [0.05, 0.1) is 5.56 Å². The van der Waals surface area contributed by atoms with Crippen LogP contribution in [-0.2, 0) is 9.59 Å². The fourth-order valence-electron chi connectivity index (χ4n) is 1.63. The Balaban J connectivity index is 2.03. The number of carbonyl (C=O) groups is 3. The molecular weight excluding hydrogens is 238 g/mol. The first-order valence-electron chi connectivity index (χ1n) is 5.40. The van der Waals surface area contributed by atoms with Crippen molar-refractivity contribution in [1.29, 1.82) is 0 Å². The molecule has 1 saturated heterocycles. The number of imide groups is 1. The van der Waals surface area contributed by atoms with E-state index in [1.807, 2.05) is 0 Å². The normalized spacial score (nSPS) is 19.2. The van der Waals surface area contributed by atoms with Crippen LogP contribution in [0.4, 0.5) is 0 Å². The summed E-state index contributed by atoms with van der Waals surface area (Å²) in [6.07, 6.45) is -0.145. The van der Waals surface area contributed by atoms with E-state index in [1.165, 1.54) is 24.3 Å². The molecule has 0 aliphatic carbocycles. The van der Waals surface area contributed by atoms with Crippen LogP contribution in [0.5, 0.6) is 5.75 Å². The Bertz CT molecular complexity index is 494. The maximum absolute atomic E-state index is 11.4. The summed E-state index contributed by atoms with van der Waals surface area (Å²) in [7, 11) is 0. The third-order valence-electron chi connectivity index (χ3n) is 2.57. The lowest BCUT2D eigenvalue weighted by Gasteiger charge is -2.21.